The van der Waals surface area contributed by atoms with E-state index in [0.29, 0.717) is 25.6 Å². The number of anilines is 2. The maximum atomic E-state index is 11.7. The van der Waals surface area contributed by atoms with Gasteiger partial charge in [-0.25, -0.2) is 22.7 Å². The molecule has 2 saturated heterocycles. The van der Waals surface area contributed by atoms with E-state index in [1.54, 1.807) is 10.6 Å². The fourth-order valence-corrected chi connectivity index (χ4v) is 4.10. The summed E-state index contributed by atoms with van der Waals surface area (Å²) in [5, 5.41) is 3.34. The number of aromatic nitrogens is 2. The first-order chi connectivity index (χ1) is 11.5. The van der Waals surface area contributed by atoms with Gasteiger partial charge in [0.1, 0.15) is 18.0 Å². The fraction of sp³-hybridized carbons (Fsp3) is 0.733. The molecule has 2 aliphatic heterocycles. The van der Waals surface area contributed by atoms with Crippen LogP contribution in [0.3, 0.4) is 0 Å². The number of hydrogen-bond acceptors (Lipinski definition) is 7. The van der Waals surface area contributed by atoms with Crippen LogP contribution in [0.2, 0.25) is 0 Å². The Kier molecular flexibility index (Phi) is 5.52. The first-order valence-corrected chi connectivity index (χ1v) is 10.2. The zero-order chi connectivity index (χ0) is 17.0. The van der Waals surface area contributed by atoms with Crippen molar-refractivity contribution in [3.05, 3.63) is 12.4 Å². The molecule has 0 saturated carbocycles. The van der Waals surface area contributed by atoms with Gasteiger partial charge < -0.3 is 15.0 Å². The summed E-state index contributed by atoms with van der Waals surface area (Å²) in [7, 11) is -3.10. The summed E-state index contributed by atoms with van der Waals surface area (Å²) in [5.41, 5.74) is 0. The molecule has 0 radical (unpaired) electrons. The Labute approximate surface area is 143 Å². The van der Waals surface area contributed by atoms with Crippen LogP contribution in [0.25, 0.3) is 0 Å². The van der Waals surface area contributed by atoms with E-state index in [4.69, 9.17) is 4.74 Å². The molecule has 0 spiro atoms. The third-order valence-corrected chi connectivity index (χ3v) is 5.78. The molecule has 24 heavy (non-hydrogen) atoms. The van der Waals surface area contributed by atoms with Gasteiger partial charge in [0.25, 0.3) is 0 Å². The lowest BCUT2D eigenvalue weighted by Gasteiger charge is -2.31. The normalized spacial score (nSPS) is 23.2. The highest BCUT2D eigenvalue weighted by molar-refractivity contribution is 7.88. The van der Waals surface area contributed by atoms with Crippen molar-refractivity contribution in [2.45, 2.75) is 12.8 Å². The molecule has 9 heteroatoms. The molecular formula is C15H25N5O3S. The second kappa shape index (κ2) is 7.62. The van der Waals surface area contributed by atoms with Crippen LogP contribution in [0.1, 0.15) is 12.8 Å². The quantitative estimate of drug-likeness (QED) is 0.818. The molecule has 0 aromatic carbocycles. The van der Waals surface area contributed by atoms with Gasteiger partial charge in [0.15, 0.2) is 0 Å². The molecule has 0 aliphatic carbocycles. The minimum atomic E-state index is -3.10. The van der Waals surface area contributed by atoms with Crippen LogP contribution in [-0.4, -0.2) is 74.9 Å². The summed E-state index contributed by atoms with van der Waals surface area (Å²) in [6.45, 7) is 5.03. The van der Waals surface area contributed by atoms with E-state index in [-0.39, 0.29) is 0 Å². The lowest BCUT2D eigenvalue weighted by Crippen LogP contribution is -2.41. The number of nitrogens with one attached hydrogen (secondary N) is 1. The van der Waals surface area contributed by atoms with E-state index in [1.807, 2.05) is 6.07 Å². The van der Waals surface area contributed by atoms with Gasteiger partial charge in [-0.3, -0.25) is 0 Å². The first-order valence-electron chi connectivity index (χ1n) is 8.36. The Morgan fingerprint density at radius 2 is 2.08 bits per heavy atom. The number of morpholine rings is 1. The number of piperidine rings is 1. The lowest BCUT2D eigenvalue weighted by molar-refractivity contribution is 0.122. The maximum Gasteiger partial charge on any atom is 0.211 e. The van der Waals surface area contributed by atoms with Gasteiger partial charge in [0.05, 0.1) is 19.5 Å². The highest BCUT2D eigenvalue weighted by Crippen LogP contribution is 2.20. The minimum Gasteiger partial charge on any atom is -0.378 e. The van der Waals surface area contributed by atoms with Crippen LogP contribution in [0.15, 0.2) is 12.4 Å². The van der Waals surface area contributed by atoms with Crippen molar-refractivity contribution in [3.63, 3.8) is 0 Å². The zero-order valence-corrected chi connectivity index (χ0v) is 14.8. The number of hydrogen-bond donors (Lipinski definition) is 1. The third kappa shape index (κ3) is 4.55. The van der Waals surface area contributed by atoms with E-state index in [0.717, 1.165) is 50.8 Å². The summed E-state index contributed by atoms with van der Waals surface area (Å²) < 4.78 is 30.3. The molecule has 0 bridgehead atoms. The van der Waals surface area contributed by atoms with Crippen LogP contribution in [0.4, 0.5) is 11.6 Å². The van der Waals surface area contributed by atoms with E-state index in [2.05, 4.69) is 20.2 Å². The van der Waals surface area contributed by atoms with Crippen LogP contribution in [0, 0.1) is 5.92 Å². The van der Waals surface area contributed by atoms with Gasteiger partial charge in [-0.1, -0.05) is 0 Å². The molecule has 0 amide bonds. The maximum absolute atomic E-state index is 11.7. The van der Waals surface area contributed by atoms with Crippen molar-refractivity contribution < 1.29 is 13.2 Å². The fourth-order valence-electron chi connectivity index (χ4n) is 3.15. The molecule has 8 nitrogen and oxygen atoms in total. The molecule has 1 aromatic rings. The van der Waals surface area contributed by atoms with Crippen molar-refractivity contribution in [3.8, 4) is 0 Å². The number of rotatable bonds is 5. The van der Waals surface area contributed by atoms with E-state index >= 15 is 0 Å². The molecule has 1 aromatic heterocycles. The Morgan fingerprint density at radius 3 is 2.83 bits per heavy atom. The highest BCUT2D eigenvalue weighted by atomic mass is 32.2. The minimum absolute atomic E-state index is 0.301. The Balaban J connectivity index is 1.56. The summed E-state index contributed by atoms with van der Waals surface area (Å²) in [6, 6.07) is 1.95. The molecule has 2 aliphatic rings. The Morgan fingerprint density at radius 1 is 1.29 bits per heavy atom. The lowest BCUT2D eigenvalue weighted by atomic mass is 10.00. The Hall–Kier alpha value is -1.45. The van der Waals surface area contributed by atoms with Gasteiger partial charge in [0, 0.05) is 38.8 Å². The monoisotopic (exact) mass is 355 g/mol. The highest BCUT2D eigenvalue weighted by Gasteiger charge is 2.25. The van der Waals surface area contributed by atoms with Crippen LogP contribution >= 0.6 is 0 Å². The Bertz CT molecular complexity index is 648. The smallest absolute Gasteiger partial charge is 0.211 e. The van der Waals surface area contributed by atoms with Crippen LogP contribution in [0.5, 0.6) is 0 Å². The second-order valence-corrected chi connectivity index (χ2v) is 8.35. The van der Waals surface area contributed by atoms with Crippen molar-refractivity contribution in [1.29, 1.82) is 0 Å². The molecule has 2 fully saturated rings. The van der Waals surface area contributed by atoms with Gasteiger partial charge in [-0.15, -0.1) is 0 Å². The standard InChI is InChI=1S/C15H25N5O3S/c1-24(21,22)20-4-2-3-13(11-20)10-16-14-9-15(18-12-17-14)19-5-7-23-8-6-19/h9,12-13H,2-8,10-11H2,1H3,(H,16,17,18)/t13-/m1/s1. The van der Waals surface area contributed by atoms with Gasteiger partial charge >= 0.3 is 0 Å². The summed E-state index contributed by atoms with van der Waals surface area (Å²) >= 11 is 0. The molecule has 0 unspecified atom stereocenters. The summed E-state index contributed by atoms with van der Waals surface area (Å²) in [5.74, 6) is 1.98. The third-order valence-electron chi connectivity index (χ3n) is 4.51. The molecule has 134 valence electrons. The van der Waals surface area contributed by atoms with E-state index in [1.165, 1.54) is 6.26 Å². The summed E-state index contributed by atoms with van der Waals surface area (Å²) in [6.07, 6.45) is 4.78. The molecule has 1 atom stereocenters. The zero-order valence-electron chi connectivity index (χ0n) is 14.0. The largest absolute Gasteiger partial charge is 0.378 e. The number of sulfonamides is 1. The van der Waals surface area contributed by atoms with Crippen molar-refractivity contribution >= 4 is 21.7 Å². The summed E-state index contributed by atoms with van der Waals surface area (Å²) in [4.78, 5) is 10.8. The van der Waals surface area contributed by atoms with Gasteiger partial charge in [0.2, 0.25) is 10.0 Å². The molecular weight excluding hydrogens is 330 g/mol. The molecule has 3 rings (SSSR count). The predicted octanol–water partition coefficient (Wildman–Crippen LogP) is 0.397. The van der Waals surface area contributed by atoms with E-state index in [9.17, 15) is 8.42 Å². The van der Waals surface area contributed by atoms with Crippen molar-refractivity contribution in [1.82, 2.24) is 14.3 Å². The number of nitrogens with zero attached hydrogens (tertiary/aromatic N) is 4. The molecule has 3 heterocycles. The van der Waals surface area contributed by atoms with Crippen LogP contribution < -0.4 is 10.2 Å². The van der Waals surface area contributed by atoms with Crippen molar-refractivity contribution in [2.24, 2.45) is 5.92 Å². The SMILES string of the molecule is CS(=O)(=O)N1CCC[C@H](CNc2cc(N3CCOCC3)ncn2)C1. The van der Waals surface area contributed by atoms with Gasteiger partial charge in [-0.2, -0.15) is 0 Å². The van der Waals surface area contributed by atoms with Crippen LogP contribution in [-0.2, 0) is 14.8 Å². The number of ether oxygens (including phenoxy) is 1. The topological polar surface area (TPSA) is 87.7 Å². The van der Waals surface area contributed by atoms with E-state index < -0.39 is 10.0 Å². The predicted molar refractivity (Wildman–Crippen MR) is 92.7 cm³/mol. The van der Waals surface area contributed by atoms with Gasteiger partial charge in [-0.05, 0) is 18.8 Å². The second-order valence-electron chi connectivity index (χ2n) is 6.37. The molecule has 1 N–H and O–H groups in total. The average Bonchev–Trinajstić information content (AvgIpc) is 2.61. The van der Waals surface area contributed by atoms with Crippen molar-refractivity contribution in [2.75, 3.05) is 62.4 Å². The average molecular weight is 355 g/mol. The first kappa shape index (κ1) is 17.4.